The Labute approximate surface area is 184 Å². The molecule has 0 saturated carbocycles. The predicted molar refractivity (Wildman–Crippen MR) is 122 cm³/mol. The second-order valence-corrected chi connectivity index (χ2v) is 8.66. The Morgan fingerprint density at radius 2 is 1.97 bits per heavy atom. The standard InChI is InChI=1S/C24H30ClN3O2/c1-18-5-4-6-21(15-18)28-13-11-27(12-14-28)10-3-2-9-26-24(29)23-17-19-16-20(25)7-8-22(19)30-23/h4-8,15-16,23H,2-3,9-14,17H2,1H3,(H,26,29). The minimum atomic E-state index is -0.437. The molecular weight excluding hydrogens is 398 g/mol. The number of halogens is 1. The molecule has 1 N–H and O–H groups in total. The zero-order chi connectivity index (χ0) is 20.9. The molecule has 0 bridgehead atoms. The van der Waals surface area contributed by atoms with Crippen molar-refractivity contribution in [3.05, 3.63) is 58.6 Å². The molecule has 2 aliphatic heterocycles. The SMILES string of the molecule is Cc1cccc(N2CCN(CCCCNC(=O)C3Cc4cc(Cl)ccc4O3)CC2)c1. The number of amides is 1. The lowest BCUT2D eigenvalue weighted by molar-refractivity contribution is -0.127. The van der Waals surface area contributed by atoms with Gasteiger partial charge in [-0.15, -0.1) is 0 Å². The van der Waals surface area contributed by atoms with Crippen LogP contribution in [0.2, 0.25) is 5.02 Å². The summed E-state index contributed by atoms with van der Waals surface area (Å²) in [6, 6.07) is 14.3. The van der Waals surface area contributed by atoms with Gasteiger partial charge in [0.15, 0.2) is 6.10 Å². The number of hydrogen-bond donors (Lipinski definition) is 1. The molecule has 2 aromatic rings. The average molecular weight is 428 g/mol. The second-order valence-electron chi connectivity index (χ2n) is 8.23. The molecule has 1 atom stereocenters. The summed E-state index contributed by atoms with van der Waals surface area (Å²) < 4.78 is 5.75. The zero-order valence-corrected chi connectivity index (χ0v) is 18.3. The maximum atomic E-state index is 12.4. The normalized spacial score (nSPS) is 18.7. The molecule has 2 aromatic carbocycles. The third kappa shape index (κ3) is 5.27. The van der Waals surface area contributed by atoms with Gasteiger partial charge in [0.2, 0.25) is 0 Å². The van der Waals surface area contributed by atoms with Crippen LogP contribution in [-0.2, 0) is 11.2 Å². The summed E-state index contributed by atoms with van der Waals surface area (Å²) >= 11 is 6.02. The second kappa shape index (κ2) is 9.71. The average Bonchev–Trinajstić information content (AvgIpc) is 3.17. The molecule has 4 rings (SSSR count). The lowest BCUT2D eigenvalue weighted by Gasteiger charge is -2.36. The Hall–Kier alpha value is -2.24. The lowest BCUT2D eigenvalue weighted by atomic mass is 10.1. The fourth-order valence-electron chi connectivity index (χ4n) is 4.20. The first kappa shape index (κ1) is 21.0. The largest absolute Gasteiger partial charge is 0.480 e. The Bertz CT molecular complexity index is 881. The van der Waals surface area contributed by atoms with Gasteiger partial charge < -0.3 is 15.0 Å². The maximum absolute atomic E-state index is 12.4. The van der Waals surface area contributed by atoms with E-state index in [1.165, 1.54) is 11.3 Å². The van der Waals surface area contributed by atoms with Crippen molar-refractivity contribution < 1.29 is 9.53 Å². The molecule has 6 heteroatoms. The van der Waals surface area contributed by atoms with Gasteiger partial charge in [-0.05, 0) is 67.8 Å². The van der Waals surface area contributed by atoms with Gasteiger partial charge in [0.25, 0.3) is 5.91 Å². The molecule has 5 nitrogen and oxygen atoms in total. The van der Waals surface area contributed by atoms with E-state index < -0.39 is 6.10 Å². The Kier molecular flexibility index (Phi) is 6.80. The zero-order valence-electron chi connectivity index (χ0n) is 17.6. The van der Waals surface area contributed by atoms with Crippen LogP contribution in [0.4, 0.5) is 5.69 Å². The Balaban J connectivity index is 1.10. The summed E-state index contributed by atoms with van der Waals surface area (Å²) in [5.74, 6) is 0.735. The van der Waals surface area contributed by atoms with Gasteiger partial charge in [-0.2, -0.15) is 0 Å². The number of rotatable bonds is 7. The van der Waals surface area contributed by atoms with Crippen LogP contribution in [0.3, 0.4) is 0 Å². The van der Waals surface area contributed by atoms with E-state index in [1.807, 2.05) is 12.1 Å². The minimum absolute atomic E-state index is 0.0332. The van der Waals surface area contributed by atoms with E-state index in [4.69, 9.17) is 16.3 Å². The summed E-state index contributed by atoms with van der Waals surface area (Å²) in [6.45, 7) is 8.26. The summed E-state index contributed by atoms with van der Waals surface area (Å²) in [7, 11) is 0. The fourth-order valence-corrected chi connectivity index (χ4v) is 4.40. The van der Waals surface area contributed by atoms with Crippen molar-refractivity contribution in [3.63, 3.8) is 0 Å². The monoisotopic (exact) mass is 427 g/mol. The van der Waals surface area contributed by atoms with E-state index in [1.54, 1.807) is 6.07 Å². The Morgan fingerprint density at radius 1 is 1.13 bits per heavy atom. The van der Waals surface area contributed by atoms with Gasteiger partial charge in [-0.25, -0.2) is 0 Å². The summed E-state index contributed by atoms with van der Waals surface area (Å²) in [4.78, 5) is 17.4. The van der Waals surface area contributed by atoms with Gasteiger partial charge in [0.05, 0.1) is 0 Å². The number of nitrogens with one attached hydrogen (secondary N) is 1. The number of unbranched alkanes of at least 4 members (excludes halogenated alkanes) is 1. The van der Waals surface area contributed by atoms with Crippen molar-refractivity contribution >= 4 is 23.2 Å². The van der Waals surface area contributed by atoms with Gasteiger partial charge in [-0.1, -0.05) is 23.7 Å². The summed E-state index contributed by atoms with van der Waals surface area (Å²) in [6.07, 6.45) is 2.22. The van der Waals surface area contributed by atoms with Crippen LogP contribution in [-0.4, -0.2) is 56.2 Å². The van der Waals surface area contributed by atoms with Gasteiger partial charge in [-0.3, -0.25) is 9.69 Å². The molecule has 1 fully saturated rings. The summed E-state index contributed by atoms with van der Waals surface area (Å²) in [5, 5.41) is 3.70. The molecular formula is C24H30ClN3O2. The number of benzene rings is 2. The fraction of sp³-hybridized carbons (Fsp3) is 0.458. The first-order valence-electron chi connectivity index (χ1n) is 10.9. The highest BCUT2D eigenvalue weighted by Crippen LogP contribution is 2.31. The molecule has 2 aliphatic rings. The number of hydrogen-bond acceptors (Lipinski definition) is 4. The number of aryl methyl sites for hydroxylation is 1. The third-order valence-electron chi connectivity index (χ3n) is 5.93. The molecule has 2 heterocycles. The number of carbonyl (C=O) groups is 1. The van der Waals surface area contributed by atoms with Crippen LogP contribution in [0.25, 0.3) is 0 Å². The highest BCUT2D eigenvalue weighted by Gasteiger charge is 2.28. The van der Waals surface area contributed by atoms with E-state index in [0.29, 0.717) is 18.0 Å². The molecule has 1 amide bonds. The van der Waals surface area contributed by atoms with Gasteiger partial charge >= 0.3 is 0 Å². The third-order valence-corrected chi connectivity index (χ3v) is 6.16. The van der Waals surface area contributed by atoms with Crippen LogP contribution < -0.4 is 15.0 Å². The molecule has 1 saturated heterocycles. The van der Waals surface area contributed by atoms with Crippen LogP contribution in [0.5, 0.6) is 5.75 Å². The summed E-state index contributed by atoms with van der Waals surface area (Å²) in [5.41, 5.74) is 3.65. The minimum Gasteiger partial charge on any atom is -0.480 e. The number of nitrogens with zero attached hydrogens (tertiary/aromatic N) is 2. The smallest absolute Gasteiger partial charge is 0.261 e. The highest BCUT2D eigenvalue weighted by atomic mass is 35.5. The van der Waals surface area contributed by atoms with Crippen molar-refractivity contribution in [2.75, 3.05) is 44.2 Å². The lowest BCUT2D eigenvalue weighted by Crippen LogP contribution is -2.46. The van der Waals surface area contributed by atoms with Crippen molar-refractivity contribution in [2.45, 2.75) is 32.3 Å². The van der Waals surface area contributed by atoms with Gasteiger partial charge in [0.1, 0.15) is 5.75 Å². The van der Waals surface area contributed by atoms with Crippen molar-refractivity contribution in [1.29, 1.82) is 0 Å². The van der Waals surface area contributed by atoms with E-state index in [0.717, 1.165) is 56.9 Å². The van der Waals surface area contributed by atoms with E-state index in [9.17, 15) is 4.79 Å². The maximum Gasteiger partial charge on any atom is 0.261 e. The molecule has 0 aromatic heterocycles. The van der Waals surface area contributed by atoms with Crippen LogP contribution in [0, 0.1) is 6.92 Å². The predicted octanol–water partition coefficient (Wildman–Crippen LogP) is 3.67. The first-order valence-corrected chi connectivity index (χ1v) is 11.2. The quantitative estimate of drug-likeness (QED) is 0.685. The first-order chi connectivity index (χ1) is 14.6. The number of fused-ring (bicyclic) bond motifs is 1. The van der Waals surface area contributed by atoms with Crippen molar-refractivity contribution in [1.82, 2.24) is 10.2 Å². The Morgan fingerprint density at radius 3 is 2.77 bits per heavy atom. The number of carbonyl (C=O) groups excluding carboxylic acids is 1. The number of piperazine rings is 1. The molecule has 160 valence electrons. The van der Waals surface area contributed by atoms with Gasteiger partial charge in [0, 0.05) is 49.9 Å². The van der Waals surface area contributed by atoms with Crippen LogP contribution in [0.1, 0.15) is 24.0 Å². The van der Waals surface area contributed by atoms with E-state index >= 15 is 0 Å². The molecule has 0 radical (unpaired) electrons. The van der Waals surface area contributed by atoms with Crippen molar-refractivity contribution in [2.24, 2.45) is 0 Å². The van der Waals surface area contributed by atoms with Crippen LogP contribution in [0.15, 0.2) is 42.5 Å². The molecule has 30 heavy (non-hydrogen) atoms. The molecule has 0 spiro atoms. The number of anilines is 1. The highest BCUT2D eigenvalue weighted by molar-refractivity contribution is 6.30. The number of ether oxygens (including phenoxy) is 1. The van der Waals surface area contributed by atoms with Crippen LogP contribution >= 0.6 is 11.6 Å². The van der Waals surface area contributed by atoms with Crippen molar-refractivity contribution in [3.8, 4) is 5.75 Å². The van der Waals surface area contributed by atoms with E-state index in [-0.39, 0.29) is 5.91 Å². The van der Waals surface area contributed by atoms with E-state index in [2.05, 4.69) is 46.3 Å². The molecule has 0 aliphatic carbocycles. The topological polar surface area (TPSA) is 44.8 Å². The molecule has 1 unspecified atom stereocenters.